The van der Waals surface area contributed by atoms with Crippen LogP contribution in [-0.4, -0.2) is 17.7 Å². The molecule has 0 saturated heterocycles. The number of amides is 1. The number of carboxylic acids is 1. The first kappa shape index (κ1) is 15.2. The number of rotatable bonds is 3. The fourth-order valence-electron chi connectivity index (χ4n) is 2.47. The van der Waals surface area contributed by atoms with E-state index in [1.165, 1.54) is 24.3 Å². The minimum Gasteiger partial charge on any atom is -0.542 e. The minimum absolute atomic E-state index is 0. The van der Waals surface area contributed by atoms with Crippen LogP contribution in [0.3, 0.4) is 0 Å². The van der Waals surface area contributed by atoms with E-state index in [2.05, 4.69) is 10.3 Å². The van der Waals surface area contributed by atoms with Crippen LogP contribution in [0.5, 0.6) is 0 Å². The Morgan fingerprint density at radius 3 is 2.40 bits per heavy atom. The van der Waals surface area contributed by atoms with Crippen molar-refractivity contribution in [2.24, 2.45) is 10.9 Å². The Hall–Kier alpha value is -1.24. The monoisotopic (exact) mass is 284 g/mol. The summed E-state index contributed by atoms with van der Waals surface area (Å²) in [4.78, 5) is 27.0. The Morgan fingerprint density at radius 1 is 1.35 bits per heavy atom. The number of halogens is 1. The number of carbonyl (C=O) groups excluding carboxylic acids is 2. The van der Waals surface area contributed by atoms with Gasteiger partial charge in [-0.15, -0.1) is 0 Å². The maximum absolute atomic E-state index is 13.0. The predicted octanol–water partition coefficient (Wildman–Crippen LogP) is -3.29. The van der Waals surface area contributed by atoms with E-state index >= 15 is 0 Å². The minimum atomic E-state index is -1.52. The smallest absolute Gasteiger partial charge is 0.542 e. The molecule has 0 spiro atoms. The van der Waals surface area contributed by atoms with Gasteiger partial charge in [-0.2, -0.15) is 0 Å². The molecule has 7 heteroatoms. The second kappa shape index (κ2) is 5.27. The van der Waals surface area contributed by atoms with Crippen molar-refractivity contribution >= 4 is 17.7 Å². The second-order valence-corrected chi connectivity index (χ2v) is 4.75. The van der Waals surface area contributed by atoms with Gasteiger partial charge >= 0.3 is 29.6 Å². The third-order valence-corrected chi connectivity index (χ3v) is 3.51. The third kappa shape index (κ3) is 2.28. The van der Waals surface area contributed by atoms with E-state index in [9.17, 15) is 19.1 Å². The molecule has 1 amide bonds. The van der Waals surface area contributed by atoms with Gasteiger partial charge in [0.05, 0.1) is 0 Å². The molecule has 1 aromatic rings. The number of aliphatic imine (C=N–C) groups is 1. The summed E-state index contributed by atoms with van der Waals surface area (Å²) in [5.41, 5.74) is -0.742. The SMILES string of the molecule is O=C([O-])C1=NC(c2ccc(F)cc2)(C2CC2)C(=O)N1.[Na+]. The van der Waals surface area contributed by atoms with Gasteiger partial charge in [-0.25, -0.2) is 9.38 Å². The van der Waals surface area contributed by atoms with Crippen LogP contribution in [0, 0.1) is 11.7 Å². The number of aliphatic carboxylic acids is 1. The average molecular weight is 284 g/mol. The van der Waals surface area contributed by atoms with E-state index in [1.807, 2.05) is 0 Å². The number of nitrogens with zero attached hydrogens (tertiary/aromatic N) is 1. The van der Waals surface area contributed by atoms with Crippen molar-refractivity contribution < 1.29 is 48.6 Å². The number of nitrogens with one attached hydrogen (secondary N) is 1. The number of carboxylic acid groups (broad SMARTS) is 1. The molecular formula is C13H10FN2NaO3. The molecule has 1 N–H and O–H groups in total. The van der Waals surface area contributed by atoms with E-state index in [4.69, 9.17) is 0 Å². The first-order valence-electron chi connectivity index (χ1n) is 5.93. The molecule has 5 nitrogen and oxygen atoms in total. The standard InChI is InChI=1S/C13H11FN2O3.Na/c14-9-5-3-8(4-6-9)13(7-1-2-7)12(19)15-10(16-13)11(17)18;/h3-7H,1-2H2,(H,17,18)(H,15,16,19);/q;+1/p-1. The van der Waals surface area contributed by atoms with Crippen molar-refractivity contribution in [3.05, 3.63) is 35.6 Å². The fraction of sp³-hybridized carbons (Fsp3) is 0.308. The number of benzene rings is 1. The topological polar surface area (TPSA) is 81.6 Å². The Kier molecular flexibility index (Phi) is 4.00. The van der Waals surface area contributed by atoms with Gasteiger partial charge in [-0.3, -0.25) is 4.79 Å². The Labute approximate surface area is 136 Å². The molecule has 0 aromatic heterocycles. The average Bonchev–Trinajstić information content (AvgIpc) is 3.15. The van der Waals surface area contributed by atoms with Gasteiger partial charge in [0.2, 0.25) is 0 Å². The molecule has 2 aliphatic rings. The van der Waals surface area contributed by atoms with Crippen molar-refractivity contribution in [1.82, 2.24) is 5.32 Å². The van der Waals surface area contributed by atoms with Gasteiger partial charge in [0.15, 0.2) is 11.4 Å². The number of hydrogen-bond acceptors (Lipinski definition) is 4. The van der Waals surface area contributed by atoms with Gasteiger partial charge in [0.1, 0.15) is 11.8 Å². The molecule has 1 aliphatic carbocycles. The van der Waals surface area contributed by atoms with Crippen molar-refractivity contribution in [1.29, 1.82) is 0 Å². The van der Waals surface area contributed by atoms with E-state index < -0.39 is 29.1 Å². The number of carbonyl (C=O) groups is 2. The molecule has 1 atom stereocenters. The summed E-state index contributed by atoms with van der Waals surface area (Å²) in [7, 11) is 0. The molecule has 1 fully saturated rings. The third-order valence-electron chi connectivity index (χ3n) is 3.51. The number of hydrogen-bond donors (Lipinski definition) is 1. The van der Waals surface area contributed by atoms with Crippen molar-refractivity contribution in [2.75, 3.05) is 0 Å². The van der Waals surface area contributed by atoms with Crippen LogP contribution in [0.4, 0.5) is 4.39 Å². The molecule has 0 bridgehead atoms. The van der Waals surface area contributed by atoms with Crippen LogP contribution >= 0.6 is 0 Å². The molecule has 98 valence electrons. The Bertz CT molecular complexity index is 598. The van der Waals surface area contributed by atoms with E-state index in [-0.39, 0.29) is 35.5 Å². The van der Waals surface area contributed by atoms with Gasteiger partial charge in [-0.05, 0) is 36.5 Å². The number of amidine groups is 1. The van der Waals surface area contributed by atoms with Crippen molar-refractivity contribution in [2.45, 2.75) is 18.4 Å². The van der Waals surface area contributed by atoms with Crippen LogP contribution in [0.2, 0.25) is 0 Å². The summed E-state index contributed by atoms with van der Waals surface area (Å²) in [5, 5.41) is 13.1. The molecule has 3 rings (SSSR count). The first-order valence-corrected chi connectivity index (χ1v) is 5.93. The quantitative estimate of drug-likeness (QED) is 0.591. The van der Waals surface area contributed by atoms with Crippen LogP contribution in [0.25, 0.3) is 0 Å². The summed E-state index contributed by atoms with van der Waals surface area (Å²) in [5.74, 6) is -2.92. The van der Waals surface area contributed by atoms with Crippen LogP contribution in [0.15, 0.2) is 29.3 Å². The van der Waals surface area contributed by atoms with Gasteiger partial charge in [0.25, 0.3) is 5.91 Å². The maximum atomic E-state index is 13.0. The Balaban J connectivity index is 0.00000147. The Morgan fingerprint density at radius 2 is 1.95 bits per heavy atom. The summed E-state index contributed by atoms with van der Waals surface area (Å²) in [6.07, 6.45) is 1.57. The molecule has 1 aromatic carbocycles. The molecule has 1 heterocycles. The van der Waals surface area contributed by atoms with Gasteiger partial charge in [0, 0.05) is 0 Å². The summed E-state index contributed by atoms with van der Waals surface area (Å²) >= 11 is 0. The fourth-order valence-corrected chi connectivity index (χ4v) is 2.47. The predicted molar refractivity (Wildman–Crippen MR) is 61.4 cm³/mol. The zero-order valence-electron chi connectivity index (χ0n) is 10.9. The summed E-state index contributed by atoms with van der Waals surface area (Å²) in [6, 6.07) is 5.41. The summed E-state index contributed by atoms with van der Waals surface area (Å²) < 4.78 is 13.0. The summed E-state index contributed by atoms with van der Waals surface area (Å²) in [6.45, 7) is 0. The zero-order chi connectivity index (χ0) is 13.6. The molecule has 1 unspecified atom stereocenters. The van der Waals surface area contributed by atoms with Crippen LogP contribution in [-0.2, 0) is 15.1 Å². The molecule has 0 radical (unpaired) electrons. The second-order valence-electron chi connectivity index (χ2n) is 4.75. The van der Waals surface area contributed by atoms with E-state index in [0.717, 1.165) is 12.8 Å². The molecule has 1 aliphatic heterocycles. The maximum Gasteiger partial charge on any atom is 1.00 e. The first-order chi connectivity index (χ1) is 9.04. The van der Waals surface area contributed by atoms with Gasteiger partial charge in [-0.1, -0.05) is 12.1 Å². The molecular weight excluding hydrogens is 274 g/mol. The van der Waals surface area contributed by atoms with Crippen LogP contribution < -0.4 is 40.0 Å². The van der Waals surface area contributed by atoms with Crippen molar-refractivity contribution in [3.8, 4) is 0 Å². The van der Waals surface area contributed by atoms with E-state index in [0.29, 0.717) is 5.56 Å². The van der Waals surface area contributed by atoms with Gasteiger partial charge < -0.3 is 15.2 Å². The largest absolute Gasteiger partial charge is 1.00 e. The van der Waals surface area contributed by atoms with E-state index in [1.54, 1.807) is 0 Å². The molecule has 1 saturated carbocycles. The van der Waals surface area contributed by atoms with Crippen LogP contribution in [0.1, 0.15) is 18.4 Å². The van der Waals surface area contributed by atoms with Crippen molar-refractivity contribution in [3.63, 3.8) is 0 Å². The zero-order valence-corrected chi connectivity index (χ0v) is 12.9. The normalized spacial score (nSPS) is 24.6. The molecule has 20 heavy (non-hydrogen) atoms.